The fraction of sp³-hybridized carbons (Fsp3) is 0.517. The summed E-state index contributed by atoms with van der Waals surface area (Å²) in [5.74, 6) is 0.333. The average Bonchev–Trinajstić information content (AvgIpc) is 3.34. The van der Waals surface area contributed by atoms with E-state index in [-0.39, 0.29) is 29.4 Å². The molecule has 0 bridgehead atoms. The third-order valence-corrected chi connectivity index (χ3v) is 7.51. The second-order valence-corrected chi connectivity index (χ2v) is 10.4. The SMILES string of the molecule is N#Cc1ccc(NC2CCCCC2)cc1C(F)(F)F.O=C(CO)N1CCN(CC2Cc3cc(F)ccc3O2)CC1. The second-order valence-electron chi connectivity index (χ2n) is 10.4. The molecule has 1 saturated carbocycles. The van der Waals surface area contributed by atoms with Crippen molar-refractivity contribution in [2.45, 2.75) is 56.8 Å². The normalized spacial score (nSPS) is 19.6. The molecule has 2 aliphatic heterocycles. The highest BCUT2D eigenvalue weighted by Gasteiger charge is 2.34. The Labute approximate surface area is 231 Å². The second kappa shape index (κ2) is 13.3. The van der Waals surface area contributed by atoms with Crippen LogP contribution in [0, 0.1) is 17.1 Å². The standard InChI is InChI=1S/C15H19FN2O3.C14H15F3N2/c16-12-1-2-14-11(7-12)8-13(21-14)9-17-3-5-18(6-4-17)15(20)10-19;15-14(16,17)13-8-12(7-6-10(13)9-18)19-11-4-2-1-3-5-11/h1-2,7,13,19H,3-6,8-10H2;6-8,11,19H,1-5H2. The van der Waals surface area contributed by atoms with Crippen LogP contribution in [0.2, 0.25) is 0 Å². The Morgan fingerprint density at radius 1 is 1.07 bits per heavy atom. The number of nitriles is 1. The van der Waals surface area contributed by atoms with Gasteiger partial charge in [0, 0.05) is 56.4 Å². The molecule has 5 rings (SSSR count). The Morgan fingerprint density at radius 3 is 2.45 bits per heavy atom. The number of rotatable bonds is 5. The number of aliphatic hydroxyl groups is 1. The van der Waals surface area contributed by atoms with Crippen molar-refractivity contribution in [3.05, 3.63) is 58.9 Å². The van der Waals surface area contributed by atoms with Crippen molar-refractivity contribution in [1.82, 2.24) is 9.80 Å². The van der Waals surface area contributed by atoms with E-state index in [9.17, 15) is 22.4 Å². The summed E-state index contributed by atoms with van der Waals surface area (Å²) >= 11 is 0. The number of carbonyl (C=O) groups is 1. The van der Waals surface area contributed by atoms with Gasteiger partial charge in [0.2, 0.25) is 5.91 Å². The summed E-state index contributed by atoms with van der Waals surface area (Å²) in [6.07, 6.45) is 1.67. The van der Waals surface area contributed by atoms with E-state index in [1.807, 2.05) is 0 Å². The van der Waals surface area contributed by atoms with Gasteiger partial charge in [0.15, 0.2) is 0 Å². The molecule has 2 aromatic carbocycles. The van der Waals surface area contributed by atoms with Crippen LogP contribution in [0.15, 0.2) is 36.4 Å². The van der Waals surface area contributed by atoms with Crippen molar-refractivity contribution in [2.75, 3.05) is 44.6 Å². The summed E-state index contributed by atoms with van der Waals surface area (Å²) in [5.41, 5.74) is 0.171. The quantitative estimate of drug-likeness (QED) is 0.519. The van der Waals surface area contributed by atoms with E-state index < -0.39 is 18.3 Å². The van der Waals surface area contributed by atoms with Crippen LogP contribution in [-0.2, 0) is 17.4 Å². The molecule has 2 fully saturated rings. The number of hydrogen-bond acceptors (Lipinski definition) is 6. The molecule has 2 N–H and O–H groups in total. The Hall–Kier alpha value is -3.36. The van der Waals surface area contributed by atoms with Gasteiger partial charge >= 0.3 is 6.18 Å². The van der Waals surface area contributed by atoms with E-state index >= 15 is 0 Å². The van der Waals surface area contributed by atoms with Crippen LogP contribution in [0.1, 0.15) is 48.8 Å². The smallest absolute Gasteiger partial charge is 0.417 e. The summed E-state index contributed by atoms with van der Waals surface area (Å²) in [6, 6.07) is 10.3. The summed E-state index contributed by atoms with van der Waals surface area (Å²) in [4.78, 5) is 15.3. The van der Waals surface area contributed by atoms with Crippen LogP contribution in [-0.4, -0.2) is 72.3 Å². The van der Waals surface area contributed by atoms with E-state index in [2.05, 4.69) is 10.2 Å². The van der Waals surface area contributed by atoms with Crippen molar-refractivity contribution in [3.63, 3.8) is 0 Å². The molecule has 11 heteroatoms. The van der Waals surface area contributed by atoms with Gasteiger partial charge < -0.3 is 20.1 Å². The summed E-state index contributed by atoms with van der Waals surface area (Å²) in [7, 11) is 0. The number of anilines is 1. The van der Waals surface area contributed by atoms with Crippen molar-refractivity contribution in [2.24, 2.45) is 0 Å². The molecule has 2 aromatic rings. The highest BCUT2D eigenvalue weighted by Crippen LogP contribution is 2.34. The molecule has 3 aliphatic rings. The third-order valence-electron chi connectivity index (χ3n) is 7.51. The molecule has 1 atom stereocenters. The van der Waals surface area contributed by atoms with Gasteiger partial charge in [0.1, 0.15) is 24.3 Å². The molecule has 1 aliphatic carbocycles. The third kappa shape index (κ3) is 7.86. The molecule has 216 valence electrons. The monoisotopic (exact) mass is 562 g/mol. The van der Waals surface area contributed by atoms with Gasteiger partial charge in [-0.1, -0.05) is 19.3 Å². The molecular weight excluding hydrogens is 528 g/mol. The van der Waals surface area contributed by atoms with Crippen LogP contribution in [0.5, 0.6) is 5.75 Å². The van der Waals surface area contributed by atoms with Gasteiger partial charge in [0.25, 0.3) is 0 Å². The Kier molecular flexibility index (Phi) is 9.87. The fourth-order valence-corrected chi connectivity index (χ4v) is 5.41. The van der Waals surface area contributed by atoms with E-state index in [0.717, 1.165) is 69.1 Å². The number of aliphatic hydroxyl groups excluding tert-OH is 1. The number of ether oxygens (including phenoxy) is 1. The number of hydrogen-bond donors (Lipinski definition) is 2. The number of fused-ring (bicyclic) bond motifs is 1. The van der Waals surface area contributed by atoms with Crippen LogP contribution >= 0.6 is 0 Å². The predicted octanol–water partition coefficient (Wildman–Crippen LogP) is 4.59. The van der Waals surface area contributed by atoms with Gasteiger partial charge in [-0.25, -0.2) is 4.39 Å². The molecule has 1 unspecified atom stereocenters. The fourth-order valence-electron chi connectivity index (χ4n) is 5.41. The minimum Gasteiger partial charge on any atom is -0.488 e. The first-order chi connectivity index (χ1) is 19.2. The Balaban J connectivity index is 0.000000186. The summed E-state index contributed by atoms with van der Waals surface area (Å²) < 4.78 is 57.5. The summed E-state index contributed by atoms with van der Waals surface area (Å²) in [6.45, 7) is 3.16. The maximum absolute atomic E-state index is 13.2. The number of carbonyl (C=O) groups excluding carboxylic acids is 1. The Morgan fingerprint density at radius 2 is 1.80 bits per heavy atom. The lowest BCUT2D eigenvalue weighted by molar-refractivity contribution is -0.138. The average molecular weight is 563 g/mol. The van der Waals surface area contributed by atoms with E-state index in [4.69, 9.17) is 15.1 Å². The Bertz CT molecular complexity index is 1200. The molecule has 40 heavy (non-hydrogen) atoms. The van der Waals surface area contributed by atoms with E-state index in [1.165, 1.54) is 24.6 Å². The van der Waals surface area contributed by atoms with E-state index in [1.54, 1.807) is 23.1 Å². The molecule has 7 nitrogen and oxygen atoms in total. The van der Waals surface area contributed by atoms with Crippen LogP contribution < -0.4 is 10.1 Å². The van der Waals surface area contributed by atoms with Gasteiger partial charge in [-0.3, -0.25) is 9.69 Å². The number of benzene rings is 2. The van der Waals surface area contributed by atoms with Crippen molar-refractivity contribution in [3.8, 4) is 11.8 Å². The number of amides is 1. The van der Waals surface area contributed by atoms with Crippen LogP contribution in [0.4, 0.5) is 23.2 Å². The topological polar surface area (TPSA) is 88.8 Å². The van der Waals surface area contributed by atoms with Crippen LogP contribution in [0.25, 0.3) is 0 Å². The zero-order chi connectivity index (χ0) is 28.7. The highest BCUT2D eigenvalue weighted by molar-refractivity contribution is 5.77. The van der Waals surface area contributed by atoms with Crippen molar-refractivity contribution >= 4 is 11.6 Å². The first-order valence-corrected chi connectivity index (χ1v) is 13.6. The van der Waals surface area contributed by atoms with Crippen molar-refractivity contribution < 1.29 is 32.2 Å². The minimum absolute atomic E-state index is 0.0434. The van der Waals surface area contributed by atoms with Gasteiger partial charge in [-0.05, 0) is 49.2 Å². The number of piperazine rings is 1. The lowest BCUT2D eigenvalue weighted by Gasteiger charge is -2.35. The lowest BCUT2D eigenvalue weighted by Crippen LogP contribution is -2.51. The largest absolute Gasteiger partial charge is 0.488 e. The first-order valence-electron chi connectivity index (χ1n) is 13.6. The minimum atomic E-state index is -4.49. The zero-order valence-electron chi connectivity index (χ0n) is 22.2. The number of alkyl halides is 3. The zero-order valence-corrected chi connectivity index (χ0v) is 22.2. The number of nitrogens with one attached hydrogen (secondary N) is 1. The predicted molar refractivity (Wildman–Crippen MR) is 141 cm³/mol. The van der Waals surface area contributed by atoms with Crippen LogP contribution in [0.3, 0.4) is 0 Å². The molecule has 1 saturated heterocycles. The molecule has 1 amide bonds. The first kappa shape index (κ1) is 29.6. The maximum atomic E-state index is 13.2. The molecule has 0 aromatic heterocycles. The summed E-state index contributed by atoms with van der Waals surface area (Å²) in [5, 5.41) is 20.7. The number of halogens is 4. The molecule has 0 spiro atoms. The maximum Gasteiger partial charge on any atom is 0.417 e. The molecular formula is C29H34F4N4O3. The highest BCUT2D eigenvalue weighted by atomic mass is 19.4. The van der Waals surface area contributed by atoms with Gasteiger partial charge in [0.05, 0.1) is 17.2 Å². The van der Waals surface area contributed by atoms with Gasteiger partial charge in [-0.15, -0.1) is 0 Å². The number of nitrogens with zero attached hydrogens (tertiary/aromatic N) is 3. The lowest BCUT2D eigenvalue weighted by atomic mass is 9.95. The van der Waals surface area contributed by atoms with Gasteiger partial charge in [-0.2, -0.15) is 18.4 Å². The molecule has 0 radical (unpaired) electrons. The van der Waals surface area contributed by atoms with E-state index in [0.29, 0.717) is 18.8 Å². The molecule has 2 heterocycles. The van der Waals surface area contributed by atoms with Crippen molar-refractivity contribution in [1.29, 1.82) is 5.26 Å².